The Balaban J connectivity index is 2.10. The minimum atomic E-state index is -0.524. The van der Waals surface area contributed by atoms with Crippen molar-refractivity contribution in [3.8, 4) is 5.75 Å². The Bertz CT molecular complexity index is 379. The largest absolute Gasteiger partial charge is 0.493 e. The van der Waals surface area contributed by atoms with Crippen LogP contribution in [0.25, 0.3) is 0 Å². The van der Waals surface area contributed by atoms with E-state index in [0.29, 0.717) is 6.54 Å². The van der Waals surface area contributed by atoms with Crippen molar-refractivity contribution in [2.24, 2.45) is 0 Å². The first kappa shape index (κ1) is 10.3. The Kier molecular flexibility index (Phi) is 3.11. The number of halogens is 1. The summed E-state index contributed by atoms with van der Waals surface area (Å²) in [5.74, 6) is 0.960. The fraction of sp³-hybridized carbons (Fsp3) is 0.364. The molecule has 0 atom stereocenters. The zero-order valence-corrected chi connectivity index (χ0v) is 9.01. The second-order valence-electron chi connectivity index (χ2n) is 3.52. The summed E-state index contributed by atoms with van der Waals surface area (Å²) in [5.41, 5.74) is 2.26. The first-order valence-electron chi connectivity index (χ1n) is 4.93. The summed E-state index contributed by atoms with van der Waals surface area (Å²) in [5, 5.41) is 2.03. The smallest absolute Gasteiger partial charge is 0.314 e. The van der Waals surface area contributed by atoms with Gasteiger partial charge in [0.15, 0.2) is 0 Å². The van der Waals surface area contributed by atoms with Gasteiger partial charge in [0.2, 0.25) is 0 Å². The number of hydrogen-bond donors (Lipinski definition) is 1. The predicted molar refractivity (Wildman–Crippen MR) is 58.3 cm³/mol. The molecule has 1 aliphatic rings. The van der Waals surface area contributed by atoms with Gasteiger partial charge < -0.3 is 10.1 Å². The number of carbonyl (C=O) groups excluding carboxylic acids is 1. The third-order valence-electron chi connectivity index (χ3n) is 2.40. The van der Waals surface area contributed by atoms with Gasteiger partial charge >= 0.3 is 5.37 Å². The molecule has 0 bridgehead atoms. The number of ether oxygens (including phenoxy) is 1. The van der Waals surface area contributed by atoms with Crippen LogP contribution in [0.4, 0.5) is 4.79 Å². The minimum absolute atomic E-state index is 0.468. The highest BCUT2D eigenvalue weighted by atomic mass is 35.5. The summed E-state index contributed by atoms with van der Waals surface area (Å²) < 4.78 is 5.49. The minimum Gasteiger partial charge on any atom is -0.493 e. The Morgan fingerprint density at radius 2 is 2.40 bits per heavy atom. The number of nitrogens with one attached hydrogen (secondary N) is 1. The number of fused-ring (bicyclic) bond motifs is 1. The van der Waals surface area contributed by atoms with Crippen LogP contribution in [0.1, 0.15) is 17.5 Å². The first-order valence-corrected chi connectivity index (χ1v) is 5.31. The number of rotatable bonds is 2. The zero-order valence-electron chi connectivity index (χ0n) is 8.25. The maximum absolute atomic E-state index is 10.5. The van der Waals surface area contributed by atoms with E-state index in [1.807, 2.05) is 12.1 Å². The van der Waals surface area contributed by atoms with Crippen molar-refractivity contribution in [1.82, 2.24) is 5.32 Å². The lowest BCUT2D eigenvalue weighted by molar-refractivity contribution is 0.259. The Hall–Kier alpha value is -1.22. The summed E-state index contributed by atoms with van der Waals surface area (Å²) >= 11 is 5.20. The summed E-state index contributed by atoms with van der Waals surface area (Å²) in [6, 6.07) is 5.95. The maximum atomic E-state index is 10.5. The third kappa shape index (κ3) is 2.63. The van der Waals surface area contributed by atoms with E-state index in [1.165, 1.54) is 5.56 Å². The van der Waals surface area contributed by atoms with Gasteiger partial charge in [0.1, 0.15) is 5.75 Å². The normalized spacial score (nSPS) is 13.9. The van der Waals surface area contributed by atoms with E-state index in [4.69, 9.17) is 16.3 Å². The monoisotopic (exact) mass is 225 g/mol. The molecule has 1 amide bonds. The molecular weight excluding hydrogens is 214 g/mol. The van der Waals surface area contributed by atoms with Gasteiger partial charge in [-0.15, -0.1) is 0 Å². The lowest BCUT2D eigenvalue weighted by Crippen LogP contribution is -2.16. The molecule has 0 unspecified atom stereocenters. The molecule has 80 valence electrons. The van der Waals surface area contributed by atoms with Gasteiger partial charge in [0.05, 0.1) is 6.61 Å². The van der Waals surface area contributed by atoms with Crippen LogP contribution in [0.2, 0.25) is 0 Å². The average Bonchev–Trinajstić information content (AvgIpc) is 2.26. The molecule has 0 radical (unpaired) electrons. The topological polar surface area (TPSA) is 38.3 Å². The number of carbonyl (C=O) groups is 1. The molecule has 15 heavy (non-hydrogen) atoms. The van der Waals surface area contributed by atoms with Gasteiger partial charge in [0.25, 0.3) is 0 Å². The molecule has 1 heterocycles. The average molecular weight is 226 g/mol. The quantitative estimate of drug-likeness (QED) is 0.620. The van der Waals surface area contributed by atoms with Crippen LogP contribution in [0.3, 0.4) is 0 Å². The predicted octanol–water partition coefficient (Wildman–Crippen LogP) is 2.46. The highest BCUT2D eigenvalue weighted by Crippen LogP contribution is 2.25. The molecule has 3 nitrogen and oxygen atoms in total. The SMILES string of the molecule is O=C(Cl)NCc1ccc2c(c1)CCCO2. The van der Waals surface area contributed by atoms with Crippen LogP contribution in [0.15, 0.2) is 18.2 Å². The third-order valence-corrected chi connectivity index (χ3v) is 2.54. The molecule has 2 rings (SSSR count). The van der Waals surface area contributed by atoms with Crippen LogP contribution in [-0.2, 0) is 13.0 Å². The van der Waals surface area contributed by atoms with E-state index >= 15 is 0 Å². The molecule has 0 aromatic heterocycles. The highest BCUT2D eigenvalue weighted by molar-refractivity contribution is 6.62. The lowest BCUT2D eigenvalue weighted by atomic mass is 10.0. The van der Waals surface area contributed by atoms with E-state index in [1.54, 1.807) is 0 Å². The molecule has 1 aromatic rings. The van der Waals surface area contributed by atoms with Gasteiger partial charge in [-0.2, -0.15) is 0 Å². The second kappa shape index (κ2) is 4.53. The van der Waals surface area contributed by atoms with Gasteiger partial charge in [0, 0.05) is 6.54 Å². The summed E-state index contributed by atoms with van der Waals surface area (Å²) in [4.78, 5) is 10.5. The van der Waals surface area contributed by atoms with E-state index < -0.39 is 5.37 Å². The summed E-state index contributed by atoms with van der Waals surface area (Å²) in [7, 11) is 0. The van der Waals surface area contributed by atoms with Crippen LogP contribution in [-0.4, -0.2) is 12.0 Å². The lowest BCUT2D eigenvalue weighted by Gasteiger charge is -2.17. The van der Waals surface area contributed by atoms with Gasteiger partial charge in [-0.1, -0.05) is 12.1 Å². The van der Waals surface area contributed by atoms with E-state index in [2.05, 4.69) is 11.4 Å². The van der Waals surface area contributed by atoms with Crippen LogP contribution < -0.4 is 10.1 Å². The van der Waals surface area contributed by atoms with E-state index in [0.717, 1.165) is 30.8 Å². The molecule has 4 heteroatoms. The van der Waals surface area contributed by atoms with Crippen molar-refractivity contribution in [2.75, 3.05) is 6.61 Å². The molecule has 0 aliphatic carbocycles. The molecule has 0 saturated carbocycles. The number of amides is 1. The Labute approximate surface area is 93.4 Å². The van der Waals surface area contributed by atoms with Crippen molar-refractivity contribution in [1.29, 1.82) is 0 Å². The molecule has 0 saturated heterocycles. The van der Waals surface area contributed by atoms with Crippen molar-refractivity contribution in [2.45, 2.75) is 19.4 Å². The van der Waals surface area contributed by atoms with E-state index in [-0.39, 0.29) is 0 Å². The standard InChI is InChI=1S/C11H12ClNO2/c12-11(14)13-7-8-3-4-10-9(6-8)2-1-5-15-10/h3-4,6H,1-2,5,7H2,(H,13,14). The molecule has 1 aliphatic heterocycles. The summed E-state index contributed by atoms with van der Waals surface area (Å²) in [6.07, 6.45) is 2.09. The van der Waals surface area contributed by atoms with Crippen molar-refractivity contribution in [3.63, 3.8) is 0 Å². The molecular formula is C11H12ClNO2. The second-order valence-corrected chi connectivity index (χ2v) is 3.86. The summed E-state index contributed by atoms with van der Waals surface area (Å²) in [6.45, 7) is 1.26. The molecule has 0 spiro atoms. The zero-order chi connectivity index (χ0) is 10.7. The van der Waals surface area contributed by atoms with Crippen LogP contribution in [0, 0.1) is 0 Å². The van der Waals surface area contributed by atoms with Crippen molar-refractivity contribution >= 4 is 17.0 Å². The van der Waals surface area contributed by atoms with E-state index in [9.17, 15) is 4.79 Å². The number of aryl methyl sites for hydroxylation is 1. The van der Waals surface area contributed by atoms with Gasteiger partial charge in [-0.25, -0.2) is 0 Å². The van der Waals surface area contributed by atoms with Crippen LogP contribution >= 0.6 is 11.6 Å². The van der Waals surface area contributed by atoms with Crippen molar-refractivity contribution in [3.05, 3.63) is 29.3 Å². The molecule has 1 aromatic carbocycles. The fourth-order valence-electron chi connectivity index (χ4n) is 1.70. The Morgan fingerprint density at radius 1 is 1.53 bits per heavy atom. The Morgan fingerprint density at radius 3 is 3.20 bits per heavy atom. The molecule has 1 N–H and O–H groups in total. The number of benzene rings is 1. The van der Waals surface area contributed by atoms with Gasteiger partial charge in [-0.05, 0) is 41.6 Å². The van der Waals surface area contributed by atoms with Crippen molar-refractivity contribution < 1.29 is 9.53 Å². The molecule has 0 fully saturated rings. The fourth-order valence-corrected chi connectivity index (χ4v) is 1.76. The highest BCUT2D eigenvalue weighted by Gasteiger charge is 2.10. The first-order chi connectivity index (χ1) is 7.25. The van der Waals surface area contributed by atoms with Gasteiger partial charge in [-0.3, -0.25) is 4.79 Å². The number of hydrogen-bond acceptors (Lipinski definition) is 2. The maximum Gasteiger partial charge on any atom is 0.314 e. The van der Waals surface area contributed by atoms with Crippen LogP contribution in [0.5, 0.6) is 5.75 Å².